The first-order valence-corrected chi connectivity index (χ1v) is 11.9. The summed E-state index contributed by atoms with van der Waals surface area (Å²) >= 11 is 6.54. The number of amides is 1. The third kappa shape index (κ3) is 6.88. The van der Waals surface area contributed by atoms with Crippen LogP contribution in [0.15, 0.2) is 60.2 Å². The summed E-state index contributed by atoms with van der Waals surface area (Å²) in [5, 5.41) is 12.7. The second kappa shape index (κ2) is 12.1. The molecule has 1 N–H and O–H groups in total. The number of aryl methyl sites for hydroxylation is 3. The Kier molecular flexibility index (Phi) is 8.94. The van der Waals surface area contributed by atoms with Crippen LogP contribution in [0.25, 0.3) is 6.08 Å². The molecular formula is C29H29ClN2O3. The van der Waals surface area contributed by atoms with Crippen LogP contribution in [0, 0.1) is 25.2 Å². The zero-order chi connectivity index (χ0) is 25.4. The Morgan fingerprint density at radius 3 is 2.34 bits per heavy atom. The van der Waals surface area contributed by atoms with Gasteiger partial charge in [-0.05, 0) is 85.4 Å². The average molecular weight is 489 g/mol. The number of carbonyl (C=O) groups excluding carboxylic acids is 1. The van der Waals surface area contributed by atoms with Gasteiger partial charge in [0.05, 0.1) is 11.6 Å². The molecule has 0 aliphatic carbocycles. The van der Waals surface area contributed by atoms with Gasteiger partial charge in [0, 0.05) is 5.69 Å². The lowest BCUT2D eigenvalue weighted by Gasteiger charge is -2.15. The molecule has 35 heavy (non-hydrogen) atoms. The molecule has 0 radical (unpaired) electrons. The van der Waals surface area contributed by atoms with Crippen LogP contribution in [0.2, 0.25) is 5.02 Å². The summed E-state index contributed by atoms with van der Waals surface area (Å²) < 4.78 is 11.8. The Hall–Kier alpha value is -3.75. The van der Waals surface area contributed by atoms with Gasteiger partial charge in [0.25, 0.3) is 5.91 Å². The maximum Gasteiger partial charge on any atom is 0.266 e. The summed E-state index contributed by atoms with van der Waals surface area (Å²) in [7, 11) is 0. The predicted octanol–water partition coefficient (Wildman–Crippen LogP) is 7.04. The highest BCUT2D eigenvalue weighted by molar-refractivity contribution is 6.32. The highest BCUT2D eigenvalue weighted by Gasteiger charge is 2.15. The third-order valence-electron chi connectivity index (χ3n) is 5.58. The van der Waals surface area contributed by atoms with Crippen molar-refractivity contribution >= 4 is 29.3 Å². The molecule has 0 saturated heterocycles. The van der Waals surface area contributed by atoms with Gasteiger partial charge in [-0.2, -0.15) is 5.26 Å². The molecule has 6 heteroatoms. The van der Waals surface area contributed by atoms with E-state index >= 15 is 0 Å². The molecule has 0 spiro atoms. The van der Waals surface area contributed by atoms with Crippen molar-refractivity contribution in [2.75, 3.05) is 11.9 Å². The smallest absolute Gasteiger partial charge is 0.266 e. The maximum absolute atomic E-state index is 12.7. The van der Waals surface area contributed by atoms with E-state index in [0.29, 0.717) is 41.0 Å². The summed E-state index contributed by atoms with van der Waals surface area (Å²) in [6.07, 6.45) is 2.39. The molecular weight excluding hydrogens is 460 g/mol. The Labute approximate surface area is 212 Å². The second-order valence-electron chi connectivity index (χ2n) is 8.14. The zero-order valence-electron chi connectivity index (χ0n) is 20.4. The number of ether oxygens (including phenoxy) is 2. The number of hydrogen-bond acceptors (Lipinski definition) is 4. The lowest BCUT2D eigenvalue weighted by molar-refractivity contribution is -0.112. The number of rotatable bonds is 9. The van der Waals surface area contributed by atoms with Crippen molar-refractivity contribution in [3.05, 3.63) is 93.0 Å². The van der Waals surface area contributed by atoms with Crippen molar-refractivity contribution in [2.45, 2.75) is 40.7 Å². The fourth-order valence-corrected chi connectivity index (χ4v) is 3.73. The molecule has 3 aromatic carbocycles. The average Bonchev–Trinajstić information content (AvgIpc) is 2.84. The summed E-state index contributed by atoms with van der Waals surface area (Å²) in [6.45, 7) is 8.78. The highest BCUT2D eigenvalue weighted by Crippen LogP contribution is 2.38. The zero-order valence-corrected chi connectivity index (χ0v) is 21.2. The van der Waals surface area contributed by atoms with Gasteiger partial charge in [0.1, 0.15) is 18.2 Å². The number of nitriles is 1. The van der Waals surface area contributed by atoms with Crippen LogP contribution in [-0.4, -0.2) is 12.5 Å². The first-order chi connectivity index (χ1) is 16.8. The lowest BCUT2D eigenvalue weighted by Crippen LogP contribution is -2.13. The Morgan fingerprint density at radius 1 is 1.00 bits per heavy atom. The van der Waals surface area contributed by atoms with Gasteiger partial charge in [0.2, 0.25) is 0 Å². The molecule has 0 aliphatic rings. The van der Waals surface area contributed by atoms with Gasteiger partial charge in [-0.15, -0.1) is 0 Å². The quantitative estimate of drug-likeness (QED) is 0.259. The predicted molar refractivity (Wildman–Crippen MR) is 141 cm³/mol. The van der Waals surface area contributed by atoms with Crippen LogP contribution in [0.1, 0.15) is 41.7 Å². The van der Waals surface area contributed by atoms with Crippen LogP contribution >= 0.6 is 11.6 Å². The summed E-state index contributed by atoms with van der Waals surface area (Å²) in [6, 6.07) is 19.0. The second-order valence-corrected chi connectivity index (χ2v) is 8.55. The molecule has 0 atom stereocenters. The molecule has 3 rings (SSSR count). The molecule has 5 nitrogen and oxygen atoms in total. The highest BCUT2D eigenvalue weighted by atomic mass is 35.5. The first-order valence-electron chi connectivity index (χ1n) is 11.5. The summed E-state index contributed by atoms with van der Waals surface area (Å²) in [4.78, 5) is 12.7. The lowest BCUT2D eigenvalue weighted by atomic mass is 10.1. The normalized spacial score (nSPS) is 11.0. The summed E-state index contributed by atoms with van der Waals surface area (Å²) in [5.41, 5.74) is 5.72. The van der Waals surface area contributed by atoms with E-state index in [0.717, 1.165) is 17.5 Å². The van der Waals surface area contributed by atoms with Crippen molar-refractivity contribution < 1.29 is 14.3 Å². The van der Waals surface area contributed by atoms with Crippen LogP contribution in [0.4, 0.5) is 5.69 Å². The van der Waals surface area contributed by atoms with E-state index < -0.39 is 5.91 Å². The number of benzene rings is 3. The maximum atomic E-state index is 12.7. The molecule has 180 valence electrons. The largest absolute Gasteiger partial charge is 0.490 e. The number of carbonyl (C=O) groups is 1. The third-order valence-corrected chi connectivity index (χ3v) is 5.86. The van der Waals surface area contributed by atoms with Gasteiger partial charge in [-0.25, -0.2) is 0 Å². The van der Waals surface area contributed by atoms with E-state index in [4.69, 9.17) is 21.1 Å². The SMILES string of the molecule is CCOc1cc(/C=C(\C#N)C(=O)Nc2ccc(CC)cc2)cc(Cl)c1OCc1ccc(C)c(C)c1. The molecule has 0 heterocycles. The number of halogens is 1. The van der Waals surface area contributed by atoms with E-state index in [-0.39, 0.29) is 5.57 Å². The molecule has 0 aromatic heterocycles. The van der Waals surface area contributed by atoms with Crippen LogP contribution in [-0.2, 0) is 17.8 Å². The van der Waals surface area contributed by atoms with Crippen LogP contribution < -0.4 is 14.8 Å². The van der Waals surface area contributed by atoms with Crippen molar-refractivity contribution in [2.24, 2.45) is 0 Å². The van der Waals surface area contributed by atoms with Crippen molar-refractivity contribution in [1.29, 1.82) is 5.26 Å². The topological polar surface area (TPSA) is 71.3 Å². The van der Waals surface area contributed by atoms with E-state index in [1.54, 1.807) is 12.1 Å². The minimum absolute atomic E-state index is 0.0492. The Bertz CT molecular complexity index is 1270. The number of nitrogens with one attached hydrogen (secondary N) is 1. The molecule has 0 bridgehead atoms. The minimum Gasteiger partial charge on any atom is -0.490 e. The van der Waals surface area contributed by atoms with Crippen molar-refractivity contribution in [3.8, 4) is 17.6 Å². The van der Waals surface area contributed by atoms with Crippen molar-refractivity contribution in [1.82, 2.24) is 0 Å². The van der Waals surface area contributed by atoms with E-state index in [1.807, 2.05) is 43.3 Å². The minimum atomic E-state index is -0.499. The molecule has 0 unspecified atom stereocenters. The number of hydrogen-bond donors (Lipinski definition) is 1. The molecule has 0 fully saturated rings. The van der Waals surface area contributed by atoms with Crippen molar-refractivity contribution in [3.63, 3.8) is 0 Å². The molecule has 1 amide bonds. The van der Waals surface area contributed by atoms with Crippen LogP contribution in [0.3, 0.4) is 0 Å². The van der Waals surface area contributed by atoms with E-state index in [1.165, 1.54) is 17.2 Å². The van der Waals surface area contributed by atoms with Crippen LogP contribution in [0.5, 0.6) is 11.5 Å². The van der Waals surface area contributed by atoms with E-state index in [2.05, 4.69) is 38.2 Å². The fraction of sp³-hybridized carbons (Fsp3) is 0.241. The van der Waals surface area contributed by atoms with E-state index in [9.17, 15) is 10.1 Å². The van der Waals surface area contributed by atoms with Gasteiger partial charge in [0.15, 0.2) is 11.5 Å². The molecule has 0 saturated carbocycles. The van der Waals surface area contributed by atoms with Gasteiger partial charge in [-0.3, -0.25) is 4.79 Å². The summed E-state index contributed by atoms with van der Waals surface area (Å²) in [5.74, 6) is 0.367. The van der Waals surface area contributed by atoms with Gasteiger partial charge in [-0.1, -0.05) is 48.9 Å². The number of nitrogens with zero attached hydrogens (tertiary/aromatic N) is 1. The van der Waals surface area contributed by atoms with Gasteiger partial charge < -0.3 is 14.8 Å². The first kappa shape index (κ1) is 25.9. The van der Waals surface area contributed by atoms with Gasteiger partial charge >= 0.3 is 0 Å². The monoisotopic (exact) mass is 488 g/mol. The Morgan fingerprint density at radius 2 is 1.71 bits per heavy atom. The standard InChI is InChI=1S/C29H29ClN2O3/c1-5-21-9-11-25(12-10-21)32-29(33)24(17-31)14-23-15-26(30)28(27(16-23)34-6-2)35-18-22-8-7-19(3)20(4)13-22/h7-16H,5-6,18H2,1-4H3,(H,32,33)/b24-14+. The Balaban J connectivity index is 1.82. The molecule has 3 aromatic rings. The number of anilines is 1. The molecule has 0 aliphatic heterocycles. The fourth-order valence-electron chi connectivity index (χ4n) is 3.46.